The number of likely N-dealkylation sites (N-methyl/N-ethyl adjacent to an activating group) is 3. The van der Waals surface area contributed by atoms with Crippen LogP contribution in [0.1, 0.15) is 125 Å². The first-order chi connectivity index (χ1) is 63.7. The molecule has 0 radical (unpaired) electrons. The lowest BCUT2D eigenvalue weighted by atomic mass is 9.98. The number of rotatable bonds is 27. The van der Waals surface area contributed by atoms with E-state index < -0.39 is 247 Å². The number of aliphatic carboxylic acids is 1. The Hall–Kier alpha value is -13.0. The number of carbonyl (C=O) groups is 16. The van der Waals surface area contributed by atoms with Crippen LogP contribution in [0.2, 0.25) is 0 Å². The number of halogens is 3. The molecule has 0 saturated carbocycles. The summed E-state index contributed by atoms with van der Waals surface area (Å²) >= 11 is 0.649. The van der Waals surface area contributed by atoms with E-state index >= 15 is 51.9 Å². The number of aromatic amines is 1. The van der Waals surface area contributed by atoms with Gasteiger partial charge in [-0.05, 0) is 123 Å². The number of phenolic OH excluding ortho intramolecular Hbond substituents is 1. The molecule has 726 valence electrons. The average molecular weight is 1890 g/mol. The lowest BCUT2D eigenvalue weighted by molar-refractivity contribution is -0.152. The molecule has 3 heterocycles. The van der Waals surface area contributed by atoms with Crippen molar-refractivity contribution in [3.05, 3.63) is 172 Å². The molecule has 2 fully saturated rings. The molecule has 6 aromatic rings. The third kappa shape index (κ3) is 30.5. The van der Waals surface area contributed by atoms with E-state index in [-0.39, 0.29) is 102 Å². The van der Waals surface area contributed by atoms with Gasteiger partial charge in [-0.25, -0.2) is 13.2 Å². The molecule has 8 rings (SSSR count). The Morgan fingerprint density at radius 1 is 0.545 bits per heavy atom. The Morgan fingerprint density at radius 2 is 1.09 bits per heavy atom. The number of H-pyrrole nitrogens is 1. The standard InChI is InChI=1S/C93H123F3N18O19S/c1-9-11-25-72-92(132)114-48-60(116)44-74(114)88(128)107-69(45-79(120)121)86(126)109-81(52(3)4)93(133)111(7)73(41-56-28-26-53(5)27-29-56)87(127)105-66(24-18-35-98)90(130)113(36-10-2)49-77(118)102-68(43-58-46-100-64-22-16-15-21-61(58)64)85(125)106-67(39-55-30-32-59(115)33-31-55)84(124)104-65(23-17-34-97)83(123)108-71(82(122)101-47-76(99)117)50-134-51-78(119)103-70(40-57-37-62(94)80(96)63(95)38-57)89(129)112(8)75(91(131)110(72)6)42-54-19-13-12-14-20-54/h12-16,19-22,26-33,37-38,46,52,60,65-75,81,100,115-116H,9-11,17-18,23-25,34-36,39-45,47-51,97-98H2,1-8H3,(H2,99,117)(H,101,122)(H,102,118)(H,103,119)(H,104,124)(H,105,127)(H,106,125)(H,107,128)(H,108,123)(H,109,126)(H,120,121)/t60-,65-,66-,67-,68-,69-,70-,71-,72-,73?,74+,75?,81-/m0/s1. The number of hydrogen-bond donors (Lipinski definition) is 16. The van der Waals surface area contributed by atoms with Gasteiger partial charge in [0, 0.05) is 95.6 Å². The molecule has 19 N–H and O–H groups in total. The monoisotopic (exact) mass is 1880 g/mol. The zero-order valence-corrected chi connectivity index (χ0v) is 77.1. The number of aromatic hydroxyl groups is 1. The highest BCUT2D eigenvalue weighted by atomic mass is 32.2. The molecule has 2 aliphatic heterocycles. The van der Waals surface area contributed by atoms with Gasteiger partial charge in [-0.1, -0.05) is 131 Å². The fourth-order valence-corrected chi connectivity index (χ4v) is 16.8. The van der Waals surface area contributed by atoms with Gasteiger partial charge < -0.3 is 110 Å². The number of nitrogens with one attached hydrogen (secondary N) is 10. The number of phenols is 1. The Bertz CT molecular complexity index is 5110. The fraction of sp³-hybridized carbons (Fsp3) is 0.484. The predicted molar refractivity (Wildman–Crippen MR) is 490 cm³/mol. The van der Waals surface area contributed by atoms with E-state index in [0.717, 1.165) is 37.1 Å². The van der Waals surface area contributed by atoms with Crippen molar-refractivity contribution < 1.29 is 105 Å². The second kappa shape index (κ2) is 51.3. The molecule has 37 nitrogen and oxygen atoms in total. The highest BCUT2D eigenvalue weighted by molar-refractivity contribution is 8.00. The number of aliphatic hydroxyl groups excluding tert-OH is 1. The largest absolute Gasteiger partial charge is 0.508 e. The lowest BCUT2D eigenvalue weighted by Crippen LogP contribution is -2.61. The molecule has 2 aliphatic rings. The van der Waals surface area contributed by atoms with Crippen molar-refractivity contribution in [3.63, 3.8) is 0 Å². The molecule has 0 bridgehead atoms. The number of carboxylic acid groups (broad SMARTS) is 1. The van der Waals surface area contributed by atoms with Crippen molar-refractivity contribution in [2.24, 2.45) is 23.1 Å². The number of thioether (sulfide) groups is 1. The normalized spacial score (nSPS) is 23.1. The zero-order chi connectivity index (χ0) is 98.3. The maximum atomic E-state index is 15.7. The number of carbonyl (C=O) groups excluding carboxylic acids is 15. The molecule has 134 heavy (non-hydrogen) atoms. The van der Waals surface area contributed by atoms with Crippen LogP contribution in [0.4, 0.5) is 13.2 Å². The number of primary amides is 1. The summed E-state index contributed by atoms with van der Waals surface area (Å²) in [5.41, 5.74) is 20.4. The van der Waals surface area contributed by atoms with Crippen molar-refractivity contribution in [1.82, 2.24) is 77.3 Å². The first-order valence-corrected chi connectivity index (χ1v) is 45.7. The van der Waals surface area contributed by atoms with E-state index in [1.807, 2.05) is 6.92 Å². The summed E-state index contributed by atoms with van der Waals surface area (Å²) in [5.74, 6) is -24.3. The number of amides is 15. The van der Waals surface area contributed by atoms with Gasteiger partial charge in [0.05, 0.1) is 31.4 Å². The Balaban J connectivity index is 1.24. The van der Waals surface area contributed by atoms with Gasteiger partial charge in [-0.15, -0.1) is 11.8 Å². The summed E-state index contributed by atoms with van der Waals surface area (Å²) in [6, 6.07) is 8.69. The van der Waals surface area contributed by atoms with Crippen LogP contribution < -0.4 is 65.1 Å². The van der Waals surface area contributed by atoms with E-state index in [9.17, 15) is 53.3 Å². The van der Waals surface area contributed by atoms with Gasteiger partial charge in [0.15, 0.2) is 17.5 Å². The number of benzene rings is 5. The number of nitrogens with two attached hydrogens (primary N) is 3. The number of para-hydroxylation sites is 1. The maximum Gasteiger partial charge on any atom is 0.305 e. The molecular formula is C93H123F3N18O19S. The van der Waals surface area contributed by atoms with Gasteiger partial charge in [-0.2, -0.15) is 0 Å². The van der Waals surface area contributed by atoms with Gasteiger partial charge >= 0.3 is 5.97 Å². The highest BCUT2D eigenvalue weighted by Crippen LogP contribution is 2.28. The van der Waals surface area contributed by atoms with Crippen LogP contribution >= 0.6 is 11.8 Å². The predicted octanol–water partition coefficient (Wildman–Crippen LogP) is 0.819. The first kappa shape index (κ1) is 106. The molecular weight excluding hydrogens is 1760 g/mol. The second-order valence-corrected chi connectivity index (χ2v) is 35.0. The molecule has 1 aromatic heterocycles. The van der Waals surface area contributed by atoms with Crippen molar-refractivity contribution in [2.75, 3.05) is 71.9 Å². The van der Waals surface area contributed by atoms with Crippen LogP contribution in [-0.2, 0) is 109 Å². The number of aryl methyl sites for hydroxylation is 1. The number of carboxylic acids is 1. The zero-order valence-electron chi connectivity index (χ0n) is 76.3. The molecule has 41 heteroatoms. The number of unbranched alkanes of at least 4 members (excludes halogenated alkanes) is 1. The van der Waals surface area contributed by atoms with E-state index in [1.54, 1.807) is 98.9 Å². The molecule has 0 spiro atoms. The number of aliphatic hydroxyl groups is 1. The lowest BCUT2D eigenvalue weighted by Gasteiger charge is -2.38. The van der Waals surface area contributed by atoms with Crippen molar-refractivity contribution in [3.8, 4) is 5.75 Å². The summed E-state index contributed by atoms with van der Waals surface area (Å²) in [4.78, 5) is 245. The minimum absolute atomic E-state index is 0.00112. The highest BCUT2D eigenvalue weighted by Gasteiger charge is 2.47. The maximum absolute atomic E-state index is 15.7. The van der Waals surface area contributed by atoms with Crippen molar-refractivity contribution in [2.45, 2.75) is 210 Å². The third-order valence-corrected chi connectivity index (χ3v) is 24.4. The summed E-state index contributed by atoms with van der Waals surface area (Å²) in [5, 5.41) is 56.1. The Labute approximate surface area is 778 Å². The van der Waals surface area contributed by atoms with Crippen LogP contribution in [0.15, 0.2) is 121 Å². The minimum atomic E-state index is -2.02. The molecule has 2 saturated heterocycles. The Morgan fingerprint density at radius 3 is 1.72 bits per heavy atom. The second-order valence-electron chi connectivity index (χ2n) is 34.0. The third-order valence-electron chi connectivity index (χ3n) is 23.3. The van der Waals surface area contributed by atoms with Crippen LogP contribution in [0, 0.1) is 30.3 Å². The SMILES string of the molecule is CCCC[C@H]1C(=O)N2C[C@@H](O)C[C@@H]2C(=O)N[C@@H](CC(=O)O)C(=O)N[C@@H](C(C)C)C(=O)N(C)C(Cc2ccc(C)cc2)C(=O)N[C@@H](CCCN)C(=O)N(CCC)CC(=O)N[C@@H](Cc2c[nH]c3ccccc23)C(=O)N[C@@H](Cc2ccc(O)cc2)C(=O)N[C@@H](CCCN)C(=O)N[C@H](C(=O)NCC(N)=O)CSCC(=O)N[C@@H](Cc2cc(F)c(F)c(F)c2)C(=O)N(C)C(Cc2ccccc2)C(=O)N1C. The summed E-state index contributed by atoms with van der Waals surface area (Å²) in [6.07, 6.45) is -2.94. The van der Waals surface area contributed by atoms with Gasteiger partial charge in [0.1, 0.15) is 78.3 Å². The first-order valence-electron chi connectivity index (χ1n) is 44.5. The van der Waals surface area contributed by atoms with E-state index in [0.29, 0.717) is 63.5 Å². The molecule has 0 aliphatic carbocycles. The summed E-state index contributed by atoms with van der Waals surface area (Å²) in [7, 11) is 3.67. The smallest absolute Gasteiger partial charge is 0.305 e. The molecule has 5 aromatic carbocycles. The van der Waals surface area contributed by atoms with Gasteiger partial charge in [0.2, 0.25) is 88.6 Å². The van der Waals surface area contributed by atoms with Crippen LogP contribution in [-0.4, -0.2) is 290 Å². The summed E-state index contributed by atoms with van der Waals surface area (Å²) in [6.45, 7) is 6.08. The van der Waals surface area contributed by atoms with Crippen LogP contribution in [0.3, 0.4) is 0 Å². The molecule has 13 atom stereocenters. The Kier molecular flexibility index (Phi) is 40.7. The van der Waals surface area contributed by atoms with Crippen LogP contribution in [0.5, 0.6) is 5.75 Å². The van der Waals surface area contributed by atoms with Crippen LogP contribution in [0.25, 0.3) is 10.9 Å². The molecule has 2 unspecified atom stereocenters. The summed E-state index contributed by atoms with van der Waals surface area (Å²) < 4.78 is 45.1. The topological polar surface area (TPSA) is 552 Å². The minimum Gasteiger partial charge on any atom is -0.508 e. The number of aromatic nitrogens is 1. The van der Waals surface area contributed by atoms with Crippen molar-refractivity contribution in [1.29, 1.82) is 0 Å². The average Bonchev–Trinajstić information content (AvgIpc) is 1.53. The number of nitrogens with zero attached hydrogens (tertiary/aromatic N) is 5. The van der Waals surface area contributed by atoms with Gasteiger partial charge in [0.25, 0.3) is 0 Å². The molecule has 15 amide bonds. The van der Waals surface area contributed by atoms with E-state index in [1.165, 1.54) is 52.2 Å². The van der Waals surface area contributed by atoms with E-state index in [4.69, 9.17) is 17.2 Å². The number of hydrogen-bond acceptors (Lipinski definition) is 21. The van der Waals surface area contributed by atoms with Crippen molar-refractivity contribution >= 4 is 117 Å². The van der Waals surface area contributed by atoms with Gasteiger partial charge in [-0.3, -0.25) is 76.7 Å². The fourth-order valence-electron chi connectivity index (χ4n) is 15.9. The number of fused-ring (bicyclic) bond motifs is 2. The quantitative estimate of drug-likeness (QED) is 0.0317. The van der Waals surface area contributed by atoms with E-state index in [2.05, 4.69) is 52.8 Å².